The van der Waals surface area contributed by atoms with E-state index >= 15 is 0 Å². The maximum Gasteiger partial charge on any atom is 0.180 e. The van der Waals surface area contributed by atoms with Gasteiger partial charge in [-0.05, 0) is 58.2 Å². The number of fused-ring (bicyclic) bond motifs is 9. The van der Waals surface area contributed by atoms with Gasteiger partial charge in [-0.15, -0.1) is 0 Å². The summed E-state index contributed by atoms with van der Waals surface area (Å²) >= 11 is 0. The van der Waals surface area contributed by atoms with Crippen LogP contribution in [0.1, 0.15) is 79.0 Å². The van der Waals surface area contributed by atoms with Crippen LogP contribution in [0.4, 0.5) is 0 Å². The average Bonchev–Trinajstić information content (AvgIpc) is 3.77. The standard InChI is InChI=1S/C46H42N2O3/c1-44(2,3)25-23-31-36-29(21-22-32(45(4,5)6)41(36)51-40(31)33(24-25)46(7,8)9)43-47-37-28-16-11-13-20-35(28)50-42(37)38(48-43)30-18-14-17-27-26-15-10-12-19-34(26)49-39(27)30/h10-24H,1-9H3. The lowest BCUT2D eigenvalue weighted by Crippen LogP contribution is -2.16. The van der Waals surface area contributed by atoms with Crippen LogP contribution < -0.4 is 0 Å². The average molecular weight is 671 g/mol. The van der Waals surface area contributed by atoms with Crippen LogP contribution in [0.3, 0.4) is 0 Å². The third-order valence-corrected chi connectivity index (χ3v) is 10.3. The van der Waals surface area contributed by atoms with Crippen molar-refractivity contribution in [3.05, 3.63) is 108 Å². The maximum atomic E-state index is 7.06. The predicted octanol–water partition coefficient (Wildman–Crippen LogP) is 13.4. The third-order valence-electron chi connectivity index (χ3n) is 10.3. The van der Waals surface area contributed by atoms with E-state index in [0.29, 0.717) is 17.1 Å². The van der Waals surface area contributed by atoms with Crippen LogP contribution in [0.15, 0.2) is 104 Å². The molecule has 0 aliphatic carbocycles. The lowest BCUT2D eigenvalue weighted by atomic mass is 9.79. The van der Waals surface area contributed by atoms with Crippen molar-refractivity contribution in [2.75, 3.05) is 0 Å². The number of aromatic nitrogens is 2. The summed E-state index contributed by atoms with van der Waals surface area (Å²) in [6.07, 6.45) is 0. The van der Waals surface area contributed by atoms with Gasteiger partial charge in [0.2, 0.25) is 0 Å². The van der Waals surface area contributed by atoms with E-state index in [4.69, 9.17) is 23.2 Å². The minimum absolute atomic E-state index is 0.0663. The maximum absolute atomic E-state index is 7.06. The molecule has 0 fully saturated rings. The first-order valence-corrected chi connectivity index (χ1v) is 17.8. The normalized spacial score (nSPS) is 13.2. The molecule has 9 aromatic rings. The van der Waals surface area contributed by atoms with Crippen molar-refractivity contribution in [3.63, 3.8) is 0 Å². The highest BCUT2D eigenvalue weighted by molar-refractivity contribution is 6.16. The van der Waals surface area contributed by atoms with E-state index in [0.717, 1.165) is 77.1 Å². The van der Waals surface area contributed by atoms with Crippen LogP contribution in [-0.4, -0.2) is 9.97 Å². The molecule has 4 aromatic heterocycles. The van der Waals surface area contributed by atoms with E-state index < -0.39 is 0 Å². The summed E-state index contributed by atoms with van der Waals surface area (Å²) in [6, 6.07) is 31.5. The molecule has 0 amide bonds. The molecule has 0 aliphatic rings. The molecule has 0 atom stereocenters. The minimum Gasteiger partial charge on any atom is -0.455 e. The van der Waals surface area contributed by atoms with Crippen LogP contribution in [0.2, 0.25) is 0 Å². The van der Waals surface area contributed by atoms with Gasteiger partial charge >= 0.3 is 0 Å². The smallest absolute Gasteiger partial charge is 0.180 e. The summed E-state index contributed by atoms with van der Waals surface area (Å²) in [5.74, 6) is 0.615. The number of para-hydroxylation sites is 3. The van der Waals surface area contributed by atoms with E-state index in [1.54, 1.807) is 0 Å². The Labute approximate surface area is 297 Å². The van der Waals surface area contributed by atoms with E-state index in [9.17, 15) is 0 Å². The van der Waals surface area contributed by atoms with Crippen molar-refractivity contribution in [3.8, 4) is 22.6 Å². The van der Waals surface area contributed by atoms with E-state index in [-0.39, 0.29) is 16.2 Å². The van der Waals surface area contributed by atoms with Gasteiger partial charge in [-0.2, -0.15) is 0 Å². The van der Waals surface area contributed by atoms with Crippen molar-refractivity contribution in [2.24, 2.45) is 0 Å². The highest BCUT2D eigenvalue weighted by atomic mass is 16.3. The van der Waals surface area contributed by atoms with E-state index in [1.165, 1.54) is 11.1 Å². The first-order valence-electron chi connectivity index (χ1n) is 17.8. The van der Waals surface area contributed by atoms with Crippen molar-refractivity contribution < 1.29 is 13.3 Å². The van der Waals surface area contributed by atoms with Crippen molar-refractivity contribution >= 4 is 65.9 Å². The Morgan fingerprint density at radius 1 is 0.451 bits per heavy atom. The fraction of sp³-hybridized carbons (Fsp3) is 0.261. The van der Waals surface area contributed by atoms with Gasteiger partial charge in [0.05, 0.1) is 0 Å². The molecule has 0 unspecified atom stereocenters. The number of furan rings is 3. The Bertz CT molecular complexity index is 2860. The van der Waals surface area contributed by atoms with Gasteiger partial charge in [-0.1, -0.05) is 117 Å². The Morgan fingerprint density at radius 2 is 1.10 bits per heavy atom. The fourth-order valence-electron chi connectivity index (χ4n) is 7.58. The summed E-state index contributed by atoms with van der Waals surface area (Å²) in [5, 5.41) is 5.17. The first-order chi connectivity index (χ1) is 24.2. The fourth-order valence-corrected chi connectivity index (χ4v) is 7.58. The van der Waals surface area contributed by atoms with Gasteiger partial charge in [0, 0.05) is 49.2 Å². The molecule has 254 valence electrons. The quantitative estimate of drug-likeness (QED) is 0.183. The van der Waals surface area contributed by atoms with Crippen LogP contribution in [0.25, 0.3) is 88.6 Å². The van der Waals surface area contributed by atoms with Crippen LogP contribution >= 0.6 is 0 Å². The van der Waals surface area contributed by atoms with Gasteiger partial charge in [0.15, 0.2) is 11.4 Å². The Kier molecular flexibility index (Phi) is 6.53. The van der Waals surface area contributed by atoms with Gasteiger partial charge in [-0.25, -0.2) is 9.97 Å². The Hall–Kier alpha value is -5.42. The molecule has 5 nitrogen and oxygen atoms in total. The molecular weight excluding hydrogens is 629 g/mol. The van der Waals surface area contributed by atoms with E-state index in [2.05, 4.69) is 117 Å². The topological polar surface area (TPSA) is 65.2 Å². The second-order valence-electron chi connectivity index (χ2n) is 17.1. The van der Waals surface area contributed by atoms with Crippen LogP contribution in [-0.2, 0) is 16.2 Å². The zero-order chi connectivity index (χ0) is 35.6. The summed E-state index contributed by atoms with van der Waals surface area (Å²) < 4.78 is 20.2. The number of rotatable bonds is 2. The highest BCUT2D eigenvalue weighted by Gasteiger charge is 2.30. The van der Waals surface area contributed by atoms with Gasteiger partial charge in [0.1, 0.15) is 39.1 Å². The Morgan fingerprint density at radius 3 is 1.80 bits per heavy atom. The Balaban J connectivity index is 1.44. The lowest BCUT2D eigenvalue weighted by molar-refractivity contribution is 0.550. The molecule has 5 aromatic carbocycles. The molecule has 9 rings (SSSR count). The van der Waals surface area contributed by atoms with Crippen molar-refractivity contribution in [1.82, 2.24) is 9.97 Å². The second-order valence-corrected chi connectivity index (χ2v) is 17.1. The highest BCUT2D eigenvalue weighted by Crippen LogP contribution is 2.47. The van der Waals surface area contributed by atoms with Crippen LogP contribution in [0, 0.1) is 0 Å². The van der Waals surface area contributed by atoms with Crippen LogP contribution in [0.5, 0.6) is 0 Å². The monoisotopic (exact) mass is 670 g/mol. The van der Waals surface area contributed by atoms with Gasteiger partial charge < -0.3 is 13.3 Å². The minimum atomic E-state index is -0.160. The summed E-state index contributed by atoms with van der Waals surface area (Å²) in [6.45, 7) is 20.3. The molecule has 0 saturated heterocycles. The molecule has 0 radical (unpaired) electrons. The van der Waals surface area contributed by atoms with Gasteiger partial charge in [-0.3, -0.25) is 0 Å². The van der Waals surface area contributed by atoms with E-state index in [1.807, 2.05) is 36.4 Å². The molecular formula is C46H42N2O3. The zero-order valence-corrected chi connectivity index (χ0v) is 30.8. The first kappa shape index (κ1) is 31.6. The molecule has 0 aliphatic heterocycles. The third kappa shape index (κ3) is 4.81. The number of hydrogen-bond donors (Lipinski definition) is 0. The molecule has 0 N–H and O–H groups in total. The number of hydrogen-bond acceptors (Lipinski definition) is 5. The lowest BCUT2D eigenvalue weighted by Gasteiger charge is -2.25. The number of benzene rings is 5. The molecule has 0 spiro atoms. The molecule has 0 saturated carbocycles. The molecule has 5 heteroatoms. The predicted molar refractivity (Wildman–Crippen MR) is 211 cm³/mol. The number of nitrogens with zero attached hydrogens (tertiary/aromatic N) is 2. The summed E-state index contributed by atoms with van der Waals surface area (Å²) in [5.41, 5.74) is 11.3. The zero-order valence-electron chi connectivity index (χ0n) is 30.8. The summed E-state index contributed by atoms with van der Waals surface area (Å²) in [7, 11) is 0. The molecule has 51 heavy (non-hydrogen) atoms. The summed E-state index contributed by atoms with van der Waals surface area (Å²) in [4.78, 5) is 10.8. The largest absolute Gasteiger partial charge is 0.455 e. The van der Waals surface area contributed by atoms with Crippen molar-refractivity contribution in [1.29, 1.82) is 0 Å². The molecule has 0 bridgehead atoms. The molecule has 4 heterocycles. The second kappa shape index (κ2) is 10.6. The van der Waals surface area contributed by atoms with Crippen molar-refractivity contribution in [2.45, 2.75) is 78.6 Å². The SMILES string of the molecule is CC(C)(C)c1cc(C(C)(C)C)c2oc3c(C(C)(C)C)ccc(-c4nc(-c5cccc6c5oc5ccccc56)c5oc6ccccc6c5n4)c3c2c1. The van der Waals surface area contributed by atoms with Gasteiger partial charge in [0.25, 0.3) is 0 Å².